The number of hydrogen-bond donors (Lipinski definition) is 8. The Labute approximate surface area is 379 Å². The van der Waals surface area contributed by atoms with E-state index in [0.717, 1.165) is 38.5 Å². The topological polar surface area (TPSA) is 250 Å². The van der Waals surface area contributed by atoms with Gasteiger partial charge in [-0.2, -0.15) is 0 Å². The molecule has 2 atom stereocenters. The minimum atomic E-state index is -1.18. The summed E-state index contributed by atoms with van der Waals surface area (Å²) in [5.74, 6) is -3.83. The molecule has 22 heteroatoms. The van der Waals surface area contributed by atoms with Crippen LogP contribution in [0.1, 0.15) is 135 Å². The van der Waals surface area contributed by atoms with Gasteiger partial charge in [-0.05, 0) is 77.2 Å². The first-order valence-electron chi connectivity index (χ1n) is 20.9. The summed E-state index contributed by atoms with van der Waals surface area (Å²) in [6.07, 6.45) is 18.9. The van der Waals surface area contributed by atoms with E-state index in [4.69, 9.17) is 14.6 Å². The van der Waals surface area contributed by atoms with Crippen molar-refractivity contribution in [3.63, 3.8) is 0 Å². The number of carboxylic acids is 3. The Kier molecular flexibility index (Phi) is 35.2. The molecule has 0 saturated carbocycles. The molecule has 0 unspecified atom stereocenters. The number of aliphatic carboxylic acids is 3. The first kappa shape index (κ1) is 56.8. The molecule has 16 nitrogen and oxygen atoms in total. The van der Waals surface area contributed by atoms with Gasteiger partial charge in [-0.25, -0.2) is 4.79 Å². The lowest BCUT2D eigenvalue weighted by atomic mass is 10.0. The number of hydrogen-bond acceptors (Lipinski definition) is 16. The van der Waals surface area contributed by atoms with Crippen molar-refractivity contribution in [1.82, 2.24) is 21.3 Å². The fourth-order valence-electron chi connectivity index (χ4n) is 5.84. The third-order valence-electron chi connectivity index (χ3n) is 9.06. The fourth-order valence-corrected chi connectivity index (χ4v) is 17.1. The predicted molar refractivity (Wildman–Crippen MR) is 247 cm³/mol. The molecule has 0 bridgehead atoms. The van der Waals surface area contributed by atoms with Gasteiger partial charge in [-0.1, -0.05) is 109 Å². The standard InChI is InChI=1S/C38H68N4O12S6/c1-55-58-38(52)59-56-37(57-60-38)42-29(35(48)49)18-16-17-23-39-33(45)28-54-27-26-53-25-24-40-31(43)22-21-30(36(50)51)41-32(44)19-14-12-10-8-6-4-2-3-5-7-9-11-13-15-20-34(46)47/h29-30,37,42,52H,2-28H2,1H3,(H,39,45)(H,40,43)(H,41,44)(H,46,47)(H,48,49)(H,50,51)/t29-,30-,37?,38?/m0/s1. The maximum absolute atomic E-state index is 12.3. The molecule has 0 aromatic carbocycles. The normalized spacial score (nSPS) is 17.4. The van der Waals surface area contributed by atoms with Gasteiger partial charge in [0.2, 0.25) is 21.3 Å². The van der Waals surface area contributed by atoms with E-state index in [1.807, 2.05) is 6.26 Å². The number of unbranched alkanes of at least 4 members (excludes halogenated alkanes) is 14. The van der Waals surface area contributed by atoms with Gasteiger partial charge in [-0.3, -0.25) is 29.3 Å². The Morgan fingerprint density at radius 2 is 1.13 bits per heavy atom. The SMILES string of the molecule is CSSC1(O)SSC(N[C@@H](CCCCNC(=O)COCCOCCNC(=O)CC[C@H](NC(=O)CCCCCCCCCCCCCCCCC(=O)O)C(=O)O)C(=O)O)SS1. The van der Waals surface area contributed by atoms with E-state index in [9.17, 15) is 44.1 Å². The van der Waals surface area contributed by atoms with Crippen LogP contribution in [0.5, 0.6) is 0 Å². The van der Waals surface area contributed by atoms with Crippen molar-refractivity contribution in [2.75, 3.05) is 45.8 Å². The quantitative estimate of drug-likeness (QED) is 0.0178. The summed E-state index contributed by atoms with van der Waals surface area (Å²) in [6.45, 7) is 0.993. The third kappa shape index (κ3) is 32.4. The van der Waals surface area contributed by atoms with Crippen LogP contribution in [0.4, 0.5) is 0 Å². The van der Waals surface area contributed by atoms with Crippen molar-refractivity contribution in [2.24, 2.45) is 0 Å². The summed E-state index contributed by atoms with van der Waals surface area (Å²) in [7, 11) is 8.21. The molecule has 1 saturated heterocycles. The number of aliphatic hydroxyl groups is 1. The molecule has 1 rings (SSSR count). The summed E-state index contributed by atoms with van der Waals surface area (Å²) >= 11 is 0. The number of carbonyl (C=O) groups is 6. The summed E-state index contributed by atoms with van der Waals surface area (Å²) in [6, 6.07) is -1.89. The molecule has 0 aromatic rings. The maximum atomic E-state index is 12.3. The summed E-state index contributed by atoms with van der Waals surface area (Å²) in [4.78, 5) is 70.5. The Hall–Kier alpha value is -1.24. The molecule has 0 radical (unpaired) electrons. The molecule has 1 fully saturated rings. The van der Waals surface area contributed by atoms with E-state index >= 15 is 0 Å². The zero-order chi connectivity index (χ0) is 44.3. The summed E-state index contributed by atoms with van der Waals surface area (Å²) in [5.41, 5.74) is 0. The van der Waals surface area contributed by atoms with Gasteiger partial charge in [0.15, 0.2) is 0 Å². The number of rotatable bonds is 40. The number of carbonyl (C=O) groups excluding carboxylic acids is 3. The van der Waals surface area contributed by atoms with Crippen LogP contribution in [0.15, 0.2) is 0 Å². The highest BCUT2D eigenvalue weighted by Gasteiger charge is 2.39. The van der Waals surface area contributed by atoms with Gasteiger partial charge in [0, 0.05) is 32.4 Å². The van der Waals surface area contributed by atoms with E-state index in [0.29, 0.717) is 32.2 Å². The largest absolute Gasteiger partial charge is 0.481 e. The lowest BCUT2D eigenvalue weighted by molar-refractivity contribution is -0.142. The Bertz CT molecular complexity index is 1220. The van der Waals surface area contributed by atoms with E-state index in [-0.39, 0.29) is 81.1 Å². The average Bonchev–Trinajstić information content (AvgIpc) is 3.20. The second-order valence-electron chi connectivity index (χ2n) is 14.2. The van der Waals surface area contributed by atoms with Crippen molar-refractivity contribution >= 4 is 100 Å². The summed E-state index contributed by atoms with van der Waals surface area (Å²) < 4.78 is 9.56. The Balaban J connectivity index is 1.99. The van der Waals surface area contributed by atoms with E-state index in [1.54, 1.807) is 0 Å². The second kappa shape index (κ2) is 37.2. The molecule has 0 spiro atoms. The average molecular weight is 965 g/mol. The number of amides is 3. The highest BCUT2D eigenvalue weighted by molar-refractivity contribution is 8.99. The number of carboxylic acid groups (broad SMARTS) is 3. The van der Waals surface area contributed by atoms with Crippen molar-refractivity contribution in [1.29, 1.82) is 0 Å². The van der Waals surface area contributed by atoms with E-state index in [1.165, 1.54) is 110 Å². The molecule has 0 aromatic heterocycles. The van der Waals surface area contributed by atoms with Crippen LogP contribution >= 0.6 is 64.8 Å². The molecule has 348 valence electrons. The van der Waals surface area contributed by atoms with Crippen LogP contribution in [0, 0.1) is 0 Å². The Morgan fingerprint density at radius 3 is 1.68 bits per heavy atom. The van der Waals surface area contributed by atoms with Crippen LogP contribution in [0.3, 0.4) is 0 Å². The van der Waals surface area contributed by atoms with Gasteiger partial charge < -0.3 is 45.9 Å². The van der Waals surface area contributed by atoms with Gasteiger partial charge in [-0.15, -0.1) is 0 Å². The molecule has 1 heterocycles. The first-order chi connectivity index (χ1) is 28.8. The minimum Gasteiger partial charge on any atom is -0.481 e. The second-order valence-corrected chi connectivity index (χ2v) is 22.9. The van der Waals surface area contributed by atoms with Crippen molar-refractivity contribution in [3.8, 4) is 0 Å². The predicted octanol–water partition coefficient (Wildman–Crippen LogP) is 6.82. The highest BCUT2D eigenvalue weighted by Crippen LogP contribution is 2.64. The van der Waals surface area contributed by atoms with Crippen LogP contribution in [-0.2, 0) is 38.2 Å². The van der Waals surface area contributed by atoms with Crippen LogP contribution in [-0.4, -0.2) is 122 Å². The van der Waals surface area contributed by atoms with E-state index < -0.39 is 33.6 Å². The van der Waals surface area contributed by atoms with Crippen molar-refractivity contribution in [3.05, 3.63) is 0 Å². The molecule has 60 heavy (non-hydrogen) atoms. The lowest BCUT2D eigenvalue weighted by Crippen LogP contribution is -2.41. The molecule has 1 aliphatic heterocycles. The molecular formula is C38H68N4O12S6. The first-order valence-corrected chi connectivity index (χ1v) is 27.9. The van der Waals surface area contributed by atoms with Crippen LogP contribution in [0.2, 0.25) is 0 Å². The van der Waals surface area contributed by atoms with Gasteiger partial charge in [0.25, 0.3) is 0 Å². The van der Waals surface area contributed by atoms with Crippen molar-refractivity contribution in [2.45, 2.75) is 155 Å². The Morgan fingerprint density at radius 1 is 0.600 bits per heavy atom. The van der Waals surface area contributed by atoms with Gasteiger partial charge in [0.1, 0.15) is 23.4 Å². The zero-order valence-corrected chi connectivity index (χ0v) is 39.7. The van der Waals surface area contributed by atoms with Gasteiger partial charge in [0.05, 0.1) is 19.8 Å². The van der Waals surface area contributed by atoms with Crippen LogP contribution in [0.25, 0.3) is 0 Å². The minimum absolute atomic E-state index is 0.0290. The zero-order valence-electron chi connectivity index (χ0n) is 34.8. The molecule has 1 aliphatic rings. The fraction of sp³-hybridized carbons (Fsp3) is 0.842. The monoisotopic (exact) mass is 964 g/mol. The molecular weight excluding hydrogens is 897 g/mol. The molecule has 8 N–H and O–H groups in total. The maximum Gasteiger partial charge on any atom is 0.326 e. The molecule has 3 amide bonds. The summed E-state index contributed by atoms with van der Waals surface area (Å²) in [5, 5.41) is 49.2. The van der Waals surface area contributed by atoms with Gasteiger partial charge >= 0.3 is 17.9 Å². The highest BCUT2D eigenvalue weighted by atomic mass is 33.2. The number of ether oxygens (including phenoxy) is 2. The lowest BCUT2D eigenvalue weighted by Gasteiger charge is -2.32. The smallest absolute Gasteiger partial charge is 0.326 e. The van der Waals surface area contributed by atoms with Crippen molar-refractivity contribution < 1.29 is 58.7 Å². The third-order valence-corrected chi connectivity index (χ3v) is 19.8. The molecule has 0 aliphatic carbocycles. The number of nitrogens with one attached hydrogen (secondary N) is 4. The van der Waals surface area contributed by atoms with E-state index in [2.05, 4.69) is 21.3 Å². The van der Waals surface area contributed by atoms with Crippen LogP contribution < -0.4 is 21.3 Å².